The maximum absolute atomic E-state index is 12.7. The van der Waals surface area contributed by atoms with Gasteiger partial charge in [-0.05, 0) is 43.2 Å². The highest BCUT2D eigenvalue weighted by atomic mass is 79.9. The average Bonchev–Trinajstić information content (AvgIpc) is 3.11. The molecule has 2 aromatic rings. The molecule has 2 amide bonds. The minimum Gasteiger partial charge on any atom is -0.486 e. The Balaban J connectivity index is 1.37. The number of hydrogen-bond donors (Lipinski definition) is 1. The maximum Gasteiger partial charge on any atom is 0.227 e. The lowest BCUT2D eigenvalue weighted by Gasteiger charge is -2.22. The molecule has 0 saturated carbocycles. The standard InChI is InChI=1S/C22H23BrN2O4/c1-14(10-15-2-4-17(23)5-3-15)24-22(27)16-11-21(26)25(13-16)18-6-7-19-20(12-18)29-9-8-28-19/h2-7,12,14,16H,8-11,13H2,1H3,(H,24,27). The van der Waals surface area contributed by atoms with Gasteiger partial charge >= 0.3 is 0 Å². The molecule has 0 radical (unpaired) electrons. The van der Waals surface area contributed by atoms with Crippen molar-refractivity contribution in [3.05, 3.63) is 52.5 Å². The molecule has 1 N–H and O–H groups in total. The number of carbonyl (C=O) groups excluding carboxylic acids is 2. The normalized spacial score (nSPS) is 19.2. The van der Waals surface area contributed by atoms with Crippen LogP contribution in [0.25, 0.3) is 0 Å². The molecular weight excluding hydrogens is 436 g/mol. The van der Waals surface area contributed by atoms with Crippen molar-refractivity contribution in [1.82, 2.24) is 5.32 Å². The van der Waals surface area contributed by atoms with E-state index in [1.807, 2.05) is 49.4 Å². The number of nitrogens with one attached hydrogen (secondary N) is 1. The molecule has 2 aliphatic heterocycles. The van der Waals surface area contributed by atoms with Crippen molar-refractivity contribution >= 4 is 33.4 Å². The minimum atomic E-state index is -0.358. The van der Waals surface area contributed by atoms with Crippen LogP contribution in [-0.4, -0.2) is 37.6 Å². The number of nitrogens with zero attached hydrogens (tertiary/aromatic N) is 1. The van der Waals surface area contributed by atoms with Crippen LogP contribution in [0.5, 0.6) is 11.5 Å². The summed E-state index contributed by atoms with van der Waals surface area (Å²) in [5.74, 6) is 0.828. The molecule has 0 aliphatic carbocycles. The van der Waals surface area contributed by atoms with Gasteiger partial charge in [0.2, 0.25) is 11.8 Å². The van der Waals surface area contributed by atoms with Gasteiger partial charge < -0.3 is 19.7 Å². The zero-order valence-electron chi connectivity index (χ0n) is 16.2. The van der Waals surface area contributed by atoms with E-state index >= 15 is 0 Å². The van der Waals surface area contributed by atoms with Crippen LogP contribution in [-0.2, 0) is 16.0 Å². The molecule has 2 unspecified atom stereocenters. The Labute approximate surface area is 178 Å². The SMILES string of the molecule is CC(Cc1ccc(Br)cc1)NC(=O)C1CC(=O)N(c2ccc3c(c2)OCCO3)C1. The average molecular weight is 459 g/mol. The topological polar surface area (TPSA) is 67.9 Å². The van der Waals surface area contributed by atoms with Crippen LogP contribution in [0.4, 0.5) is 5.69 Å². The van der Waals surface area contributed by atoms with E-state index < -0.39 is 0 Å². The quantitative estimate of drug-likeness (QED) is 0.745. The van der Waals surface area contributed by atoms with Gasteiger partial charge in [0.05, 0.1) is 5.92 Å². The molecule has 2 heterocycles. The summed E-state index contributed by atoms with van der Waals surface area (Å²) in [4.78, 5) is 26.9. The summed E-state index contributed by atoms with van der Waals surface area (Å²) in [5, 5.41) is 3.05. The Kier molecular flexibility index (Phi) is 5.76. The van der Waals surface area contributed by atoms with Gasteiger partial charge in [0.1, 0.15) is 13.2 Å². The Bertz CT molecular complexity index is 916. The lowest BCUT2D eigenvalue weighted by atomic mass is 10.0. The van der Waals surface area contributed by atoms with Crippen molar-refractivity contribution in [2.24, 2.45) is 5.92 Å². The van der Waals surface area contributed by atoms with E-state index in [4.69, 9.17) is 9.47 Å². The smallest absolute Gasteiger partial charge is 0.227 e. The second kappa shape index (κ2) is 8.45. The number of amides is 2. The number of halogens is 1. The van der Waals surface area contributed by atoms with Crippen LogP contribution in [0.1, 0.15) is 18.9 Å². The summed E-state index contributed by atoms with van der Waals surface area (Å²) in [6.07, 6.45) is 0.955. The first-order valence-corrected chi connectivity index (χ1v) is 10.5. The van der Waals surface area contributed by atoms with E-state index in [-0.39, 0.29) is 30.2 Å². The fraction of sp³-hybridized carbons (Fsp3) is 0.364. The molecule has 6 nitrogen and oxygen atoms in total. The van der Waals surface area contributed by atoms with Crippen LogP contribution in [0.3, 0.4) is 0 Å². The van der Waals surface area contributed by atoms with Crippen molar-refractivity contribution in [1.29, 1.82) is 0 Å². The van der Waals surface area contributed by atoms with Crippen LogP contribution in [0, 0.1) is 5.92 Å². The van der Waals surface area contributed by atoms with Gasteiger partial charge in [0, 0.05) is 35.2 Å². The van der Waals surface area contributed by atoms with Gasteiger partial charge in [-0.3, -0.25) is 9.59 Å². The third-order valence-electron chi connectivity index (χ3n) is 5.18. The highest BCUT2D eigenvalue weighted by Gasteiger charge is 2.36. The zero-order valence-corrected chi connectivity index (χ0v) is 17.8. The predicted molar refractivity (Wildman–Crippen MR) is 113 cm³/mol. The number of benzene rings is 2. The van der Waals surface area contributed by atoms with E-state index in [9.17, 15) is 9.59 Å². The van der Waals surface area contributed by atoms with E-state index in [2.05, 4.69) is 21.2 Å². The summed E-state index contributed by atoms with van der Waals surface area (Å²) in [6.45, 7) is 3.37. The molecule has 0 bridgehead atoms. The van der Waals surface area contributed by atoms with Gasteiger partial charge in [-0.15, -0.1) is 0 Å². The predicted octanol–water partition coefficient (Wildman–Crippen LogP) is 3.32. The third kappa shape index (κ3) is 4.56. The molecule has 29 heavy (non-hydrogen) atoms. The van der Waals surface area contributed by atoms with Crippen molar-refractivity contribution in [3.63, 3.8) is 0 Å². The fourth-order valence-electron chi connectivity index (χ4n) is 3.72. The van der Waals surface area contributed by atoms with Crippen molar-refractivity contribution in [2.45, 2.75) is 25.8 Å². The second-order valence-corrected chi connectivity index (χ2v) is 8.39. The number of ether oxygens (including phenoxy) is 2. The Hall–Kier alpha value is -2.54. The summed E-state index contributed by atoms with van der Waals surface area (Å²) in [6, 6.07) is 13.5. The maximum atomic E-state index is 12.7. The van der Waals surface area contributed by atoms with Crippen LogP contribution in [0.2, 0.25) is 0 Å². The number of fused-ring (bicyclic) bond motifs is 1. The molecule has 1 fully saturated rings. The third-order valence-corrected chi connectivity index (χ3v) is 5.71. The Morgan fingerprint density at radius 1 is 1.17 bits per heavy atom. The highest BCUT2D eigenvalue weighted by molar-refractivity contribution is 9.10. The van der Waals surface area contributed by atoms with E-state index in [0.717, 1.165) is 22.1 Å². The first-order valence-electron chi connectivity index (χ1n) is 9.74. The molecule has 4 rings (SSSR count). The van der Waals surface area contributed by atoms with Crippen LogP contribution < -0.4 is 19.7 Å². The van der Waals surface area contributed by atoms with Crippen molar-refractivity contribution in [2.75, 3.05) is 24.7 Å². The van der Waals surface area contributed by atoms with E-state index in [1.165, 1.54) is 0 Å². The lowest BCUT2D eigenvalue weighted by molar-refractivity contribution is -0.126. The van der Waals surface area contributed by atoms with Crippen LogP contribution in [0.15, 0.2) is 46.9 Å². The van der Waals surface area contributed by atoms with Gasteiger partial charge in [-0.2, -0.15) is 0 Å². The van der Waals surface area contributed by atoms with Crippen molar-refractivity contribution in [3.8, 4) is 11.5 Å². The number of anilines is 1. The molecule has 2 aliphatic rings. The highest BCUT2D eigenvalue weighted by Crippen LogP contribution is 2.36. The Morgan fingerprint density at radius 2 is 1.90 bits per heavy atom. The molecule has 0 spiro atoms. The molecular formula is C22H23BrN2O4. The first kappa shape index (κ1) is 19.8. The van der Waals surface area contributed by atoms with Crippen molar-refractivity contribution < 1.29 is 19.1 Å². The number of carbonyl (C=O) groups is 2. The molecule has 2 atom stereocenters. The molecule has 2 aromatic carbocycles. The molecule has 0 aromatic heterocycles. The molecule has 1 saturated heterocycles. The van der Waals surface area contributed by atoms with Gasteiger partial charge in [-0.1, -0.05) is 28.1 Å². The second-order valence-electron chi connectivity index (χ2n) is 7.47. The number of hydrogen-bond acceptors (Lipinski definition) is 4. The van der Waals surface area contributed by atoms with E-state index in [0.29, 0.717) is 31.3 Å². The molecule has 152 valence electrons. The van der Waals surface area contributed by atoms with Gasteiger partial charge in [-0.25, -0.2) is 0 Å². The monoisotopic (exact) mass is 458 g/mol. The Morgan fingerprint density at radius 3 is 2.66 bits per heavy atom. The number of rotatable bonds is 5. The largest absolute Gasteiger partial charge is 0.486 e. The lowest BCUT2D eigenvalue weighted by Crippen LogP contribution is -2.39. The summed E-state index contributed by atoms with van der Waals surface area (Å²) in [5.41, 5.74) is 1.89. The summed E-state index contributed by atoms with van der Waals surface area (Å²) < 4.78 is 12.2. The molecule has 7 heteroatoms. The van der Waals surface area contributed by atoms with Crippen LogP contribution >= 0.6 is 15.9 Å². The fourth-order valence-corrected chi connectivity index (χ4v) is 3.98. The zero-order chi connectivity index (χ0) is 20.4. The van der Waals surface area contributed by atoms with Gasteiger partial charge in [0.25, 0.3) is 0 Å². The summed E-state index contributed by atoms with van der Waals surface area (Å²) in [7, 11) is 0. The first-order chi connectivity index (χ1) is 14.0. The van der Waals surface area contributed by atoms with Gasteiger partial charge in [0.15, 0.2) is 11.5 Å². The minimum absolute atomic E-state index is 0.0119. The summed E-state index contributed by atoms with van der Waals surface area (Å²) >= 11 is 3.43. The van der Waals surface area contributed by atoms with E-state index in [1.54, 1.807) is 4.90 Å².